The fourth-order valence-electron chi connectivity index (χ4n) is 4.10. The van der Waals surface area contributed by atoms with Crippen molar-refractivity contribution in [2.45, 2.75) is 31.0 Å². The molecule has 186 valence electrons. The van der Waals surface area contributed by atoms with Gasteiger partial charge in [0.05, 0.1) is 30.4 Å². The van der Waals surface area contributed by atoms with Crippen molar-refractivity contribution < 1.29 is 32.8 Å². The SMILES string of the molecule is COC/C=C/c1cc(F)c(CNc2nc3nc(O[C@@H]4CO[C@H]5[C@@H]4OC[C@H]5O)[nH]c3cc2Cl)c(F)c1. The van der Waals surface area contributed by atoms with Crippen LogP contribution in [0, 0.1) is 11.6 Å². The fourth-order valence-corrected chi connectivity index (χ4v) is 4.32. The van der Waals surface area contributed by atoms with Gasteiger partial charge in [0.1, 0.15) is 35.8 Å². The van der Waals surface area contributed by atoms with Crippen LogP contribution < -0.4 is 10.1 Å². The van der Waals surface area contributed by atoms with Gasteiger partial charge in [-0.25, -0.2) is 13.8 Å². The summed E-state index contributed by atoms with van der Waals surface area (Å²) in [6.45, 7) is 0.609. The molecule has 0 unspecified atom stereocenters. The summed E-state index contributed by atoms with van der Waals surface area (Å²) < 4.78 is 50.9. The van der Waals surface area contributed by atoms with Gasteiger partial charge in [-0.1, -0.05) is 23.8 Å². The molecule has 0 bridgehead atoms. The number of hydrogen-bond donors (Lipinski definition) is 3. The molecule has 35 heavy (non-hydrogen) atoms. The summed E-state index contributed by atoms with van der Waals surface area (Å²) in [5.41, 5.74) is 1.06. The number of aromatic amines is 1. The van der Waals surface area contributed by atoms with Gasteiger partial charge in [0.15, 0.2) is 11.8 Å². The Kier molecular flexibility index (Phi) is 6.85. The average molecular weight is 509 g/mol. The van der Waals surface area contributed by atoms with Crippen molar-refractivity contribution in [3.63, 3.8) is 0 Å². The third kappa shape index (κ3) is 4.95. The predicted octanol–water partition coefficient (Wildman–Crippen LogP) is 3.07. The molecule has 3 N–H and O–H groups in total. The van der Waals surface area contributed by atoms with Gasteiger partial charge in [-0.2, -0.15) is 4.98 Å². The molecule has 1 aromatic carbocycles. The number of benzene rings is 1. The number of nitrogens with zero attached hydrogens (tertiary/aromatic N) is 2. The Morgan fingerprint density at radius 1 is 1.20 bits per heavy atom. The number of anilines is 1. The van der Waals surface area contributed by atoms with E-state index in [0.717, 1.165) is 0 Å². The van der Waals surface area contributed by atoms with Crippen LogP contribution in [0.1, 0.15) is 11.1 Å². The summed E-state index contributed by atoms with van der Waals surface area (Å²) in [4.78, 5) is 11.7. The number of aliphatic hydroxyl groups is 1. The topological polar surface area (TPSA) is 111 Å². The highest BCUT2D eigenvalue weighted by Crippen LogP contribution is 2.31. The predicted molar refractivity (Wildman–Crippen MR) is 123 cm³/mol. The molecule has 2 aliphatic heterocycles. The van der Waals surface area contributed by atoms with E-state index in [1.54, 1.807) is 18.2 Å². The molecule has 12 heteroatoms. The van der Waals surface area contributed by atoms with Gasteiger partial charge in [-0.15, -0.1) is 0 Å². The van der Waals surface area contributed by atoms with Gasteiger partial charge in [0, 0.05) is 19.2 Å². The number of methoxy groups -OCH3 is 1. The summed E-state index contributed by atoms with van der Waals surface area (Å²) in [5, 5.41) is 13.0. The summed E-state index contributed by atoms with van der Waals surface area (Å²) in [6, 6.07) is 4.26. The second-order valence-corrected chi connectivity index (χ2v) is 8.63. The molecule has 2 aliphatic rings. The van der Waals surface area contributed by atoms with Crippen LogP contribution in [0.2, 0.25) is 5.02 Å². The summed E-state index contributed by atoms with van der Waals surface area (Å²) >= 11 is 6.32. The maximum absolute atomic E-state index is 14.5. The molecular weight excluding hydrogens is 486 g/mol. The average Bonchev–Trinajstić information content (AvgIpc) is 3.50. The molecule has 4 heterocycles. The second kappa shape index (κ2) is 10.0. The molecule has 0 amide bonds. The van der Waals surface area contributed by atoms with Crippen molar-refractivity contribution in [1.82, 2.24) is 15.0 Å². The lowest BCUT2D eigenvalue weighted by atomic mass is 10.1. The van der Waals surface area contributed by atoms with E-state index < -0.39 is 36.1 Å². The molecule has 0 spiro atoms. The van der Waals surface area contributed by atoms with Gasteiger partial charge < -0.3 is 34.4 Å². The van der Waals surface area contributed by atoms with E-state index in [1.807, 2.05) is 0 Å². The van der Waals surface area contributed by atoms with Crippen LogP contribution in [0.5, 0.6) is 6.01 Å². The Morgan fingerprint density at radius 2 is 1.97 bits per heavy atom. The van der Waals surface area contributed by atoms with Crippen molar-refractivity contribution in [2.75, 3.05) is 32.2 Å². The zero-order valence-electron chi connectivity index (χ0n) is 18.6. The minimum absolute atomic E-state index is 0.146. The van der Waals surface area contributed by atoms with E-state index in [9.17, 15) is 13.9 Å². The van der Waals surface area contributed by atoms with Gasteiger partial charge in [0.2, 0.25) is 0 Å². The lowest BCUT2D eigenvalue weighted by Gasteiger charge is -2.15. The monoisotopic (exact) mass is 508 g/mol. The van der Waals surface area contributed by atoms with Crippen LogP contribution in [0.15, 0.2) is 24.3 Å². The number of imidazole rings is 1. The number of rotatable bonds is 8. The highest BCUT2D eigenvalue weighted by Gasteiger charge is 2.48. The van der Waals surface area contributed by atoms with Gasteiger partial charge in [0.25, 0.3) is 6.01 Å². The zero-order chi connectivity index (χ0) is 24.5. The van der Waals surface area contributed by atoms with Crippen LogP contribution in [-0.4, -0.2) is 71.4 Å². The first-order valence-electron chi connectivity index (χ1n) is 10.9. The van der Waals surface area contributed by atoms with Gasteiger partial charge in [-0.3, -0.25) is 0 Å². The standard InChI is InChI=1S/C23H23ClF2N4O5/c1-32-4-2-3-11-5-14(25)12(15(26)6-11)8-27-21-13(24)7-16-22(29-21)30-23(28-16)35-18-10-34-19-17(31)9-33-20(18)19/h2-3,5-7,17-20,31H,4,8-10H2,1H3,(H2,27,28,29,30)/b3-2+/t17-,18-,19-,20-/m1/s1. The number of H-pyrrole nitrogens is 1. The molecule has 9 nitrogen and oxygen atoms in total. The van der Waals surface area contributed by atoms with Crippen LogP contribution >= 0.6 is 11.6 Å². The van der Waals surface area contributed by atoms with Crippen molar-refractivity contribution >= 4 is 34.7 Å². The van der Waals surface area contributed by atoms with Crippen LogP contribution in [0.4, 0.5) is 14.6 Å². The molecule has 0 aliphatic carbocycles. The lowest BCUT2D eigenvalue weighted by Crippen LogP contribution is -2.34. The Bertz CT molecular complexity index is 1230. The van der Waals surface area contributed by atoms with Crippen LogP contribution in [-0.2, 0) is 20.8 Å². The number of pyridine rings is 1. The van der Waals surface area contributed by atoms with E-state index in [0.29, 0.717) is 23.3 Å². The fraction of sp³-hybridized carbons (Fsp3) is 0.391. The van der Waals surface area contributed by atoms with Crippen molar-refractivity contribution in [2.24, 2.45) is 0 Å². The highest BCUT2D eigenvalue weighted by molar-refractivity contribution is 6.33. The Balaban J connectivity index is 1.29. The third-order valence-electron chi connectivity index (χ3n) is 5.82. The minimum atomic E-state index is -0.696. The first kappa shape index (κ1) is 23.9. The lowest BCUT2D eigenvalue weighted by molar-refractivity contribution is 0.00706. The molecule has 5 rings (SSSR count). The summed E-state index contributed by atoms with van der Waals surface area (Å²) in [5.74, 6) is -1.18. The minimum Gasteiger partial charge on any atom is -0.456 e. The molecule has 0 radical (unpaired) electrons. The first-order valence-corrected chi connectivity index (χ1v) is 11.3. The van der Waals surface area contributed by atoms with Gasteiger partial charge in [-0.05, 0) is 23.8 Å². The van der Waals surface area contributed by atoms with E-state index in [2.05, 4.69) is 20.3 Å². The van der Waals surface area contributed by atoms with E-state index in [1.165, 1.54) is 19.2 Å². The van der Waals surface area contributed by atoms with Crippen molar-refractivity contribution in [3.8, 4) is 6.01 Å². The molecule has 2 saturated heterocycles. The number of aliphatic hydroxyl groups excluding tert-OH is 1. The number of nitrogens with one attached hydrogen (secondary N) is 2. The highest BCUT2D eigenvalue weighted by atomic mass is 35.5. The smallest absolute Gasteiger partial charge is 0.296 e. The largest absolute Gasteiger partial charge is 0.456 e. The molecular formula is C23H23ClF2N4O5. The Morgan fingerprint density at radius 3 is 2.74 bits per heavy atom. The number of hydrogen-bond acceptors (Lipinski definition) is 8. The zero-order valence-corrected chi connectivity index (χ0v) is 19.4. The normalized spacial score (nSPS) is 23.9. The number of fused-ring (bicyclic) bond motifs is 2. The Hall–Kier alpha value is -2.83. The molecule has 3 aromatic rings. The molecule has 2 aromatic heterocycles. The molecule has 0 saturated carbocycles. The van der Waals surface area contributed by atoms with E-state index in [4.69, 9.17) is 30.5 Å². The quantitative estimate of drug-likeness (QED) is 0.426. The van der Waals surface area contributed by atoms with Crippen LogP contribution in [0.25, 0.3) is 17.2 Å². The molecule has 2 fully saturated rings. The van der Waals surface area contributed by atoms with E-state index in [-0.39, 0.29) is 42.2 Å². The van der Waals surface area contributed by atoms with Crippen molar-refractivity contribution in [3.05, 3.63) is 52.1 Å². The van der Waals surface area contributed by atoms with Crippen molar-refractivity contribution in [1.29, 1.82) is 0 Å². The Labute approximate surface area is 204 Å². The van der Waals surface area contributed by atoms with Crippen LogP contribution in [0.3, 0.4) is 0 Å². The summed E-state index contributed by atoms with van der Waals surface area (Å²) in [7, 11) is 1.53. The van der Waals surface area contributed by atoms with E-state index >= 15 is 0 Å². The third-order valence-corrected chi connectivity index (χ3v) is 6.11. The first-order chi connectivity index (χ1) is 16.9. The van der Waals surface area contributed by atoms with Gasteiger partial charge >= 0.3 is 0 Å². The second-order valence-electron chi connectivity index (χ2n) is 8.23. The number of ether oxygens (including phenoxy) is 4. The number of halogens is 3. The number of aromatic nitrogens is 3. The summed E-state index contributed by atoms with van der Waals surface area (Å²) in [6.07, 6.45) is 1.30. The maximum atomic E-state index is 14.5. The molecule has 4 atom stereocenters. The maximum Gasteiger partial charge on any atom is 0.296 e.